The lowest BCUT2D eigenvalue weighted by atomic mass is 9.78. The molecule has 2 aromatic carbocycles. The van der Waals surface area contributed by atoms with Gasteiger partial charge in [-0.3, -0.25) is 0 Å². The number of benzene rings is 2. The van der Waals surface area contributed by atoms with Crippen molar-refractivity contribution >= 4 is 0 Å². The van der Waals surface area contributed by atoms with Crippen LogP contribution in [-0.4, -0.2) is 11.1 Å². The first kappa shape index (κ1) is 14.8. The van der Waals surface area contributed by atoms with Crippen LogP contribution in [0, 0.1) is 5.92 Å². The largest absolute Gasteiger partial charge is 0.379 e. The normalized spacial score (nSPS) is 13.4. The lowest BCUT2D eigenvalue weighted by Gasteiger charge is -2.36. The van der Waals surface area contributed by atoms with E-state index >= 15 is 0 Å². The molecule has 0 aliphatic rings. The van der Waals surface area contributed by atoms with Gasteiger partial charge in [0.2, 0.25) is 0 Å². The lowest BCUT2D eigenvalue weighted by molar-refractivity contribution is 0.0442. The fraction of sp³-hybridized carbons (Fsp3) is 0.333. The standard InChI is InChI=1S/C18H23NO/c1-14(2)13-17(19)18(20,15-9-5-3-6-10-15)16-11-7-4-8-12-16/h3-12,14,17,20H,13,19H2,1-2H3/t17-/m0/s1. The Labute approximate surface area is 121 Å². The Balaban J connectivity index is 2.49. The molecule has 2 aromatic rings. The monoisotopic (exact) mass is 269 g/mol. The van der Waals surface area contributed by atoms with Gasteiger partial charge in [-0.1, -0.05) is 74.5 Å². The number of hydrogen-bond acceptors (Lipinski definition) is 2. The molecule has 3 N–H and O–H groups in total. The number of nitrogens with two attached hydrogens (primary N) is 1. The van der Waals surface area contributed by atoms with Gasteiger partial charge in [0.05, 0.1) is 0 Å². The van der Waals surface area contributed by atoms with Crippen LogP contribution in [-0.2, 0) is 5.60 Å². The van der Waals surface area contributed by atoms with Crippen LogP contribution in [0.15, 0.2) is 60.7 Å². The minimum absolute atomic E-state index is 0.340. The summed E-state index contributed by atoms with van der Waals surface area (Å²) in [6.45, 7) is 4.24. The molecule has 0 saturated heterocycles. The average molecular weight is 269 g/mol. The second kappa shape index (κ2) is 6.21. The average Bonchev–Trinajstić information content (AvgIpc) is 2.47. The Morgan fingerprint density at radius 3 is 1.65 bits per heavy atom. The highest BCUT2D eigenvalue weighted by atomic mass is 16.3. The summed E-state index contributed by atoms with van der Waals surface area (Å²) in [7, 11) is 0. The summed E-state index contributed by atoms with van der Waals surface area (Å²) < 4.78 is 0. The van der Waals surface area contributed by atoms with Crippen molar-refractivity contribution in [1.82, 2.24) is 0 Å². The molecule has 0 aromatic heterocycles. The Kier molecular flexibility index (Phi) is 4.58. The van der Waals surface area contributed by atoms with Crippen molar-refractivity contribution in [1.29, 1.82) is 0 Å². The molecule has 0 fully saturated rings. The predicted molar refractivity (Wildman–Crippen MR) is 83.3 cm³/mol. The quantitative estimate of drug-likeness (QED) is 0.875. The van der Waals surface area contributed by atoms with Gasteiger partial charge in [0.1, 0.15) is 5.60 Å². The molecule has 2 rings (SSSR count). The molecule has 0 spiro atoms. The van der Waals surface area contributed by atoms with Crippen LogP contribution < -0.4 is 5.73 Å². The van der Waals surface area contributed by atoms with E-state index in [9.17, 15) is 5.11 Å². The maximum atomic E-state index is 11.3. The highest BCUT2D eigenvalue weighted by Gasteiger charge is 2.38. The van der Waals surface area contributed by atoms with Crippen LogP contribution in [0.1, 0.15) is 31.4 Å². The third-order valence-electron chi connectivity index (χ3n) is 3.69. The Morgan fingerprint density at radius 1 is 0.900 bits per heavy atom. The Bertz CT molecular complexity index is 482. The molecule has 0 heterocycles. The molecule has 0 saturated carbocycles. The van der Waals surface area contributed by atoms with Crippen molar-refractivity contribution < 1.29 is 5.11 Å². The molecule has 0 amide bonds. The zero-order valence-corrected chi connectivity index (χ0v) is 12.2. The van der Waals surface area contributed by atoms with E-state index in [1.54, 1.807) is 0 Å². The summed E-state index contributed by atoms with van der Waals surface area (Å²) in [6.07, 6.45) is 0.764. The highest BCUT2D eigenvalue weighted by Crippen LogP contribution is 2.34. The van der Waals surface area contributed by atoms with Crippen LogP contribution in [0.2, 0.25) is 0 Å². The summed E-state index contributed by atoms with van der Waals surface area (Å²) >= 11 is 0. The second-order valence-corrected chi connectivity index (χ2v) is 5.73. The van der Waals surface area contributed by atoms with E-state index in [1.165, 1.54) is 0 Å². The van der Waals surface area contributed by atoms with Crippen molar-refractivity contribution in [2.75, 3.05) is 0 Å². The summed E-state index contributed by atoms with van der Waals surface area (Å²) in [6, 6.07) is 19.0. The minimum atomic E-state index is -1.15. The molecule has 0 radical (unpaired) electrons. The van der Waals surface area contributed by atoms with E-state index in [4.69, 9.17) is 5.73 Å². The lowest BCUT2D eigenvalue weighted by Crippen LogP contribution is -2.47. The predicted octanol–water partition coefficient (Wildman–Crippen LogP) is 3.30. The van der Waals surface area contributed by atoms with Gasteiger partial charge in [-0.25, -0.2) is 0 Å². The highest BCUT2D eigenvalue weighted by molar-refractivity contribution is 5.37. The van der Waals surface area contributed by atoms with Gasteiger partial charge in [-0.2, -0.15) is 0 Å². The number of aliphatic hydroxyl groups is 1. The summed E-state index contributed by atoms with van der Waals surface area (Å²) in [5.74, 6) is 0.434. The number of rotatable bonds is 5. The van der Waals surface area contributed by atoms with Gasteiger partial charge < -0.3 is 10.8 Å². The van der Waals surface area contributed by atoms with Crippen LogP contribution in [0.25, 0.3) is 0 Å². The first-order valence-corrected chi connectivity index (χ1v) is 7.14. The van der Waals surface area contributed by atoms with Crippen LogP contribution in [0.5, 0.6) is 0 Å². The molecule has 20 heavy (non-hydrogen) atoms. The van der Waals surface area contributed by atoms with Crippen LogP contribution in [0.3, 0.4) is 0 Å². The van der Waals surface area contributed by atoms with Crippen LogP contribution in [0.4, 0.5) is 0 Å². The minimum Gasteiger partial charge on any atom is -0.379 e. The van der Waals surface area contributed by atoms with E-state index in [0.29, 0.717) is 5.92 Å². The molecule has 0 bridgehead atoms. The molecule has 0 aliphatic heterocycles. The smallest absolute Gasteiger partial charge is 0.130 e. The SMILES string of the molecule is CC(C)C[C@H](N)C(O)(c1ccccc1)c1ccccc1. The van der Waals surface area contributed by atoms with Crippen LogP contribution >= 0.6 is 0 Å². The van der Waals surface area contributed by atoms with Crippen molar-refractivity contribution in [3.8, 4) is 0 Å². The molecule has 1 atom stereocenters. The fourth-order valence-electron chi connectivity index (χ4n) is 2.66. The van der Waals surface area contributed by atoms with Gasteiger partial charge in [-0.05, 0) is 23.5 Å². The maximum Gasteiger partial charge on any atom is 0.130 e. The van der Waals surface area contributed by atoms with E-state index < -0.39 is 5.60 Å². The van der Waals surface area contributed by atoms with Gasteiger partial charge in [0, 0.05) is 6.04 Å². The van der Waals surface area contributed by atoms with Gasteiger partial charge in [0.25, 0.3) is 0 Å². The Hall–Kier alpha value is -1.64. The number of hydrogen-bond donors (Lipinski definition) is 2. The molecule has 2 nitrogen and oxygen atoms in total. The van der Waals surface area contributed by atoms with E-state index in [1.807, 2.05) is 60.7 Å². The fourth-order valence-corrected chi connectivity index (χ4v) is 2.66. The second-order valence-electron chi connectivity index (χ2n) is 5.73. The van der Waals surface area contributed by atoms with E-state index in [0.717, 1.165) is 17.5 Å². The van der Waals surface area contributed by atoms with Crippen molar-refractivity contribution in [3.63, 3.8) is 0 Å². The van der Waals surface area contributed by atoms with Gasteiger partial charge in [0.15, 0.2) is 0 Å². The first-order valence-electron chi connectivity index (χ1n) is 7.14. The van der Waals surface area contributed by atoms with Gasteiger partial charge >= 0.3 is 0 Å². The molecular weight excluding hydrogens is 246 g/mol. The summed E-state index contributed by atoms with van der Waals surface area (Å²) in [4.78, 5) is 0. The van der Waals surface area contributed by atoms with Crippen molar-refractivity contribution in [3.05, 3.63) is 71.8 Å². The maximum absolute atomic E-state index is 11.3. The zero-order chi connectivity index (χ0) is 14.6. The molecule has 106 valence electrons. The van der Waals surface area contributed by atoms with Crippen molar-refractivity contribution in [2.24, 2.45) is 11.7 Å². The van der Waals surface area contributed by atoms with E-state index in [2.05, 4.69) is 13.8 Å². The zero-order valence-electron chi connectivity index (χ0n) is 12.2. The molecule has 0 unspecified atom stereocenters. The molecular formula is C18H23NO. The van der Waals surface area contributed by atoms with Gasteiger partial charge in [-0.15, -0.1) is 0 Å². The molecule has 2 heteroatoms. The first-order chi connectivity index (χ1) is 9.55. The third-order valence-corrected chi connectivity index (χ3v) is 3.69. The molecule has 0 aliphatic carbocycles. The van der Waals surface area contributed by atoms with E-state index in [-0.39, 0.29) is 6.04 Å². The third kappa shape index (κ3) is 2.92. The summed E-state index contributed by atoms with van der Waals surface area (Å²) in [5, 5.41) is 11.3. The van der Waals surface area contributed by atoms with Crippen molar-refractivity contribution in [2.45, 2.75) is 31.9 Å². The summed E-state index contributed by atoms with van der Waals surface area (Å²) in [5.41, 5.74) is 6.91. The topological polar surface area (TPSA) is 46.2 Å². The Morgan fingerprint density at radius 2 is 1.30 bits per heavy atom.